The van der Waals surface area contributed by atoms with Gasteiger partial charge < -0.3 is 15.2 Å². The minimum atomic E-state index is -0.741. The number of nitrogens with one attached hydrogen (secondary N) is 1. The second-order valence-electron chi connectivity index (χ2n) is 4.81. The monoisotopic (exact) mass is 261 g/mol. The maximum Gasteiger partial charge on any atom is 0.228 e. The van der Waals surface area contributed by atoms with Gasteiger partial charge in [-0.2, -0.15) is 0 Å². The van der Waals surface area contributed by atoms with E-state index in [4.69, 9.17) is 4.74 Å². The molecule has 2 rings (SSSR count). The van der Waals surface area contributed by atoms with Gasteiger partial charge in [0, 0.05) is 7.05 Å². The molecule has 1 atom stereocenters. The lowest BCUT2D eigenvalue weighted by molar-refractivity contribution is -0.128. The smallest absolute Gasteiger partial charge is 0.228 e. The molecule has 1 aliphatic rings. The molecular weight excluding hydrogens is 242 g/mol. The molecule has 4 nitrogen and oxygen atoms in total. The molecule has 1 amide bonds. The molecule has 0 spiro atoms. The van der Waals surface area contributed by atoms with Crippen molar-refractivity contribution in [3.63, 3.8) is 0 Å². The molecule has 0 radical (unpaired) electrons. The van der Waals surface area contributed by atoms with Gasteiger partial charge in [0.1, 0.15) is 5.75 Å². The number of benzene rings is 1. The molecule has 1 aromatic rings. The van der Waals surface area contributed by atoms with E-state index >= 15 is 0 Å². The Morgan fingerprint density at radius 3 is 2.53 bits per heavy atom. The molecule has 0 saturated heterocycles. The van der Waals surface area contributed by atoms with E-state index in [0.717, 1.165) is 24.2 Å². The average molecular weight is 261 g/mol. The SMILES string of the molecule is CNC(=O)C1(C(O)/C=C/c2ccc(OC)cc2)CC1. The van der Waals surface area contributed by atoms with E-state index in [2.05, 4.69) is 5.32 Å². The molecule has 1 aliphatic carbocycles. The normalized spacial score (nSPS) is 18.1. The van der Waals surface area contributed by atoms with Crippen molar-refractivity contribution < 1.29 is 14.6 Å². The topological polar surface area (TPSA) is 58.6 Å². The predicted octanol–water partition coefficient (Wildman–Crippen LogP) is 1.60. The van der Waals surface area contributed by atoms with Gasteiger partial charge in [0.15, 0.2) is 0 Å². The van der Waals surface area contributed by atoms with Gasteiger partial charge in [-0.3, -0.25) is 4.79 Å². The second kappa shape index (κ2) is 5.45. The van der Waals surface area contributed by atoms with Gasteiger partial charge in [-0.25, -0.2) is 0 Å². The minimum absolute atomic E-state index is 0.0839. The van der Waals surface area contributed by atoms with Crippen molar-refractivity contribution in [1.29, 1.82) is 0 Å². The largest absolute Gasteiger partial charge is 0.497 e. The van der Waals surface area contributed by atoms with Crippen molar-refractivity contribution in [2.45, 2.75) is 18.9 Å². The standard InChI is InChI=1S/C15H19NO3/c1-16-14(18)15(9-10-15)13(17)8-5-11-3-6-12(19-2)7-4-11/h3-8,13,17H,9-10H2,1-2H3,(H,16,18)/b8-5+. The molecule has 19 heavy (non-hydrogen) atoms. The van der Waals surface area contributed by atoms with Crippen LogP contribution in [0, 0.1) is 5.41 Å². The number of carbonyl (C=O) groups is 1. The molecule has 1 unspecified atom stereocenters. The number of aliphatic hydroxyl groups is 1. The van der Waals surface area contributed by atoms with Crippen LogP contribution in [0.2, 0.25) is 0 Å². The fraction of sp³-hybridized carbons (Fsp3) is 0.400. The highest BCUT2D eigenvalue weighted by Gasteiger charge is 2.54. The Balaban J connectivity index is 2.03. The van der Waals surface area contributed by atoms with Crippen LogP contribution < -0.4 is 10.1 Å². The summed E-state index contributed by atoms with van der Waals surface area (Å²) in [6, 6.07) is 7.53. The van der Waals surface area contributed by atoms with E-state index in [0.29, 0.717) is 0 Å². The van der Waals surface area contributed by atoms with Crippen LogP contribution in [0.1, 0.15) is 18.4 Å². The third-order valence-corrected chi connectivity index (χ3v) is 3.62. The van der Waals surface area contributed by atoms with E-state index in [1.165, 1.54) is 0 Å². The Kier molecular flexibility index (Phi) is 3.90. The third kappa shape index (κ3) is 2.79. The molecule has 1 saturated carbocycles. The zero-order valence-electron chi connectivity index (χ0n) is 11.2. The highest BCUT2D eigenvalue weighted by atomic mass is 16.5. The van der Waals surface area contributed by atoms with Crippen molar-refractivity contribution >= 4 is 12.0 Å². The number of hydrogen-bond acceptors (Lipinski definition) is 3. The number of amides is 1. The quantitative estimate of drug-likeness (QED) is 0.846. The first-order chi connectivity index (χ1) is 9.12. The van der Waals surface area contributed by atoms with E-state index < -0.39 is 11.5 Å². The average Bonchev–Trinajstić information content (AvgIpc) is 3.26. The first-order valence-corrected chi connectivity index (χ1v) is 6.35. The van der Waals surface area contributed by atoms with Crippen LogP contribution in [0.4, 0.5) is 0 Å². The van der Waals surface area contributed by atoms with Crippen molar-refractivity contribution in [2.75, 3.05) is 14.2 Å². The van der Waals surface area contributed by atoms with Crippen molar-refractivity contribution in [1.82, 2.24) is 5.32 Å². The zero-order chi connectivity index (χ0) is 13.9. The summed E-state index contributed by atoms with van der Waals surface area (Å²) >= 11 is 0. The Labute approximate surface area is 113 Å². The van der Waals surface area contributed by atoms with E-state index in [9.17, 15) is 9.90 Å². The van der Waals surface area contributed by atoms with Crippen molar-refractivity contribution in [3.05, 3.63) is 35.9 Å². The highest BCUT2D eigenvalue weighted by molar-refractivity contribution is 5.86. The molecule has 2 N–H and O–H groups in total. The van der Waals surface area contributed by atoms with Crippen LogP contribution in [0.3, 0.4) is 0 Å². The van der Waals surface area contributed by atoms with Gasteiger partial charge in [-0.1, -0.05) is 24.3 Å². The maximum atomic E-state index is 11.7. The summed E-state index contributed by atoms with van der Waals surface area (Å²) in [5.74, 6) is 0.709. The van der Waals surface area contributed by atoms with Crippen molar-refractivity contribution in [2.24, 2.45) is 5.41 Å². The number of aliphatic hydroxyl groups excluding tert-OH is 1. The summed E-state index contributed by atoms with van der Waals surface area (Å²) in [7, 11) is 3.22. The first kappa shape index (κ1) is 13.6. The molecule has 4 heteroatoms. The number of hydrogen-bond donors (Lipinski definition) is 2. The van der Waals surface area contributed by atoms with E-state index in [-0.39, 0.29) is 5.91 Å². The van der Waals surface area contributed by atoms with Gasteiger partial charge in [0.2, 0.25) is 5.91 Å². The fourth-order valence-electron chi connectivity index (χ4n) is 2.14. The molecule has 0 bridgehead atoms. The summed E-state index contributed by atoms with van der Waals surface area (Å²) in [5, 5.41) is 12.7. The molecule has 1 aromatic carbocycles. The Hall–Kier alpha value is -1.81. The predicted molar refractivity (Wildman–Crippen MR) is 73.8 cm³/mol. The van der Waals surface area contributed by atoms with Crippen LogP contribution in [0.25, 0.3) is 6.08 Å². The van der Waals surface area contributed by atoms with E-state index in [1.54, 1.807) is 20.2 Å². The fourth-order valence-corrected chi connectivity index (χ4v) is 2.14. The summed E-state index contributed by atoms with van der Waals surface area (Å²) in [6.45, 7) is 0. The van der Waals surface area contributed by atoms with Crippen LogP contribution in [-0.4, -0.2) is 31.3 Å². The Bertz CT molecular complexity index is 475. The zero-order valence-corrected chi connectivity index (χ0v) is 11.2. The summed E-state index contributed by atoms with van der Waals surface area (Å²) in [4.78, 5) is 11.7. The van der Waals surface area contributed by atoms with E-state index in [1.807, 2.05) is 30.3 Å². The molecule has 102 valence electrons. The lowest BCUT2D eigenvalue weighted by atomic mass is 9.97. The van der Waals surface area contributed by atoms with Gasteiger partial charge in [-0.05, 0) is 30.5 Å². The first-order valence-electron chi connectivity index (χ1n) is 6.35. The van der Waals surface area contributed by atoms with Gasteiger partial charge >= 0.3 is 0 Å². The number of rotatable bonds is 5. The molecule has 0 heterocycles. The van der Waals surface area contributed by atoms with Crippen LogP contribution in [0.5, 0.6) is 5.75 Å². The van der Waals surface area contributed by atoms with Gasteiger partial charge in [-0.15, -0.1) is 0 Å². The van der Waals surface area contributed by atoms with Crippen LogP contribution in [-0.2, 0) is 4.79 Å². The van der Waals surface area contributed by atoms with Crippen molar-refractivity contribution in [3.8, 4) is 5.75 Å². The molecule has 1 fully saturated rings. The lowest BCUT2D eigenvalue weighted by Crippen LogP contribution is -2.36. The molecular formula is C15H19NO3. The number of ether oxygens (including phenoxy) is 1. The summed E-state index contributed by atoms with van der Waals surface area (Å²) < 4.78 is 5.08. The summed E-state index contributed by atoms with van der Waals surface area (Å²) in [6.07, 6.45) is 4.24. The van der Waals surface area contributed by atoms with Gasteiger partial charge in [0.25, 0.3) is 0 Å². The minimum Gasteiger partial charge on any atom is -0.497 e. The lowest BCUT2D eigenvalue weighted by Gasteiger charge is -2.17. The maximum absolute atomic E-state index is 11.7. The Morgan fingerprint density at radius 2 is 2.05 bits per heavy atom. The number of carbonyl (C=O) groups excluding carboxylic acids is 1. The molecule has 0 aromatic heterocycles. The third-order valence-electron chi connectivity index (χ3n) is 3.62. The highest BCUT2D eigenvalue weighted by Crippen LogP contribution is 2.49. The van der Waals surface area contributed by atoms with Crippen LogP contribution in [0.15, 0.2) is 30.3 Å². The summed E-state index contributed by atoms with van der Waals surface area (Å²) in [5.41, 5.74) is 0.352. The van der Waals surface area contributed by atoms with Gasteiger partial charge in [0.05, 0.1) is 18.6 Å². The van der Waals surface area contributed by atoms with Crippen LogP contribution >= 0.6 is 0 Å². The Morgan fingerprint density at radius 1 is 1.42 bits per heavy atom. The second-order valence-corrected chi connectivity index (χ2v) is 4.81. The number of methoxy groups -OCH3 is 1. The molecule has 0 aliphatic heterocycles.